The van der Waals surface area contributed by atoms with E-state index in [1.807, 2.05) is 25.1 Å². The van der Waals surface area contributed by atoms with Crippen molar-refractivity contribution in [2.75, 3.05) is 13.2 Å². The minimum atomic E-state index is 0.229. The second kappa shape index (κ2) is 5.09. The van der Waals surface area contributed by atoms with Gasteiger partial charge in [0.1, 0.15) is 5.52 Å². The topological polar surface area (TPSA) is 58.3 Å². The fourth-order valence-corrected chi connectivity index (χ4v) is 1.63. The summed E-state index contributed by atoms with van der Waals surface area (Å²) in [6, 6.07) is 6.01. The maximum atomic E-state index is 8.64. The van der Waals surface area contributed by atoms with Crippen LogP contribution in [-0.2, 0) is 6.54 Å². The Balaban J connectivity index is 2.02. The standard InChI is InChI=1S/C12H16N2O2/c1-9-14-11-4-3-10(7-12(11)16-9)8-13-5-2-6-15/h3-4,7,13,15H,2,5-6,8H2,1H3. The second-order valence-electron chi connectivity index (χ2n) is 3.79. The Bertz CT molecular complexity index is 465. The SMILES string of the molecule is Cc1nc2ccc(CNCCCO)cc2o1. The van der Waals surface area contributed by atoms with Crippen molar-refractivity contribution in [3.05, 3.63) is 29.7 Å². The molecule has 1 heterocycles. The molecular weight excluding hydrogens is 204 g/mol. The number of benzene rings is 1. The van der Waals surface area contributed by atoms with Crippen molar-refractivity contribution in [2.45, 2.75) is 19.9 Å². The molecule has 0 bridgehead atoms. The van der Waals surface area contributed by atoms with Gasteiger partial charge in [-0.3, -0.25) is 0 Å². The number of fused-ring (bicyclic) bond motifs is 1. The summed E-state index contributed by atoms with van der Waals surface area (Å²) in [5.74, 6) is 0.695. The van der Waals surface area contributed by atoms with E-state index < -0.39 is 0 Å². The van der Waals surface area contributed by atoms with Crippen molar-refractivity contribution in [1.82, 2.24) is 10.3 Å². The predicted molar refractivity (Wildman–Crippen MR) is 62.2 cm³/mol. The summed E-state index contributed by atoms with van der Waals surface area (Å²) in [5.41, 5.74) is 2.90. The molecule has 0 aliphatic carbocycles. The van der Waals surface area contributed by atoms with Gasteiger partial charge in [0.2, 0.25) is 0 Å². The van der Waals surface area contributed by atoms with Crippen LogP contribution in [0, 0.1) is 6.92 Å². The number of aliphatic hydroxyl groups is 1. The van der Waals surface area contributed by atoms with Gasteiger partial charge < -0.3 is 14.8 Å². The minimum Gasteiger partial charge on any atom is -0.441 e. The lowest BCUT2D eigenvalue weighted by atomic mass is 10.2. The lowest BCUT2D eigenvalue weighted by Gasteiger charge is -2.02. The highest BCUT2D eigenvalue weighted by Crippen LogP contribution is 2.16. The van der Waals surface area contributed by atoms with E-state index in [0.717, 1.165) is 30.6 Å². The monoisotopic (exact) mass is 220 g/mol. The summed E-state index contributed by atoms with van der Waals surface area (Å²) >= 11 is 0. The number of aryl methyl sites for hydroxylation is 1. The van der Waals surface area contributed by atoms with Crippen LogP contribution in [0.15, 0.2) is 22.6 Å². The van der Waals surface area contributed by atoms with Gasteiger partial charge in [0.15, 0.2) is 11.5 Å². The molecule has 0 aliphatic rings. The minimum absolute atomic E-state index is 0.229. The molecule has 86 valence electrons. The highest BCUT2D eigenvalue weighted by molar-refractivity contribution is 5.73. The van der Waals surface area contributed by atoms with Crippen molar-refractivity contribution in [3.8, 4) is 0 Å². The van der Waals surface area contributed by atoms with E-state index in [1.54, 1.807) is 0 Å². The van der Waals surface area contributed by atoms with Crippen LogP contribution >= 0.6 is 0 Å². The number of hydrogen-bond acceptors (Lipinski definition) is 4. The third-order valence-electron chi connectivity index (χ3n) is 2.40. The summed E-state index contributed by atoms with van der Waals surface area (Å²) in [4.78, 5) is 4.24. The van der Waals surface area contributed by atoms with E-state index in [2.05, 4.69) is 10.3 Å². The molecule has 0 spiro atoms. The Morgan fingerprint density at radius 3 is 3.12 bits per heavy atom. The molecule has 2 aromatic rings. The summed E-state index contributed by atoms with van der Waals surface area (Å²) in [6.45, 7) is 3.69. The number of hydrogen-bond donors (Lipinski definition) is 2. The Hall–Kier alpha value is -1.39. The maximum absolute atomic E-state index is 8.64. The first kappa shape index (κ1) is 11.1. The molecule has 16 heavy (non-hydrogen) atoms. The molecule has 4 nitrogen and oxygen atoms in total. The largest absolute Gasteiger partial charge is 0.441 e. The lowest BCUT2D eigenvalue weighted by molar-refractivity contribution is 0.286. The summed E-state index contributed by atoms with van der Waals surface area (Å²) < 4.78 is 5.46. The predicted octanol–water partition coefficient (Wildman–Crippen LogP) is 1.61. The zero-order chi connectivity index (χ0) is 11.4. The third-order valence-corrected chi connectivity index (χ3v) is 2.40. The molecule has 0 atom stereocenters. The molecule has 1 aromatic heterocycles. The molecule has 0 fully saturated rings. The molecule has 0 amide bonds. The fraction of sp³-hybridized carbons (Fsp3) is 0.417. The summed E-state index contributed by atoms with van der Waals surface area (Å²) in [7, 11) is 0. The third kappa shape index (κ3) is 2.59. The van der Waals surface area contributed by atoms with Gasteiger partial charge in [0.25, 0.3) is 0 Å². The lowest BCUT2D eigenvalue weighted by Crippen LogP contribution is -2.15. The number of aliphatic hydroxyl groups excluding tert-OH is 1. The molecule has 2 rings (SSSR count). The van der Waals surface area contributed by atoms with Crippen LogP contribution in [0.3, 0.4) is 0 Å². The van der Waals surface area contributed by atoms with Crippen LogP contribution in [-0.4, -0.2) is 23.2 Å². The molecule has 2 N–H and O–H groups in total. The van der Waals surface area contributed by atoms with E-state index in [1.165, 1.54) is 5.56 Å². The zero-order valence-corrected chi connectivity index (χ0v) is 9.36. The number of nitrogens with zero attached hydrogens (tertiary/aromatic N) is 1. The first-order chi connectivity index (χ1) is 7.79. The van der Waals surface area contributed by atoms with E-state index in [9.17, 15) is 0 Å². The Morgan fingerprint density at radius 2 is 2.31 bits per heavy atom. The van der Waals surface area contributed by atoms with Crippen LogP contribution < -0.4 is 5.32 Å². The van der Waals surface area contributed by atoms with Gasteiger partial charge >= 0.3 is 0 Å². The van der Waals surface area contributed by atoms with E-state index in [-0.39, 0.29) is 6.61 Å². The molecule has 0 saturated heterocycles. The summed E-state index contributed by atoms with van der Waals surface area (Å²) in [5, 5.41) is 11.9. The summed E-state index contributed by atoms with van der Waals surface area (Å²) in [6.07, 6.45) is 0.781. The van der Waals surface area contributed by atoms with E-state index >= 15 is 0 Å². The average Bonchev–Trinajstić information content (AvgIpc) is 2.64. The van der Waals surface area contributed by atoms with Gasteiger partial charge in [-0.25, -0.2) is 4.98 Å². The number of nitrogens with one attached hydrogen (secondary N) is 1. The Kier molecular flexibility index (Phi) is 3.54. The maximum Gasteiger partial charge on any atom is 0.192 e. The molecular formula is C12H16N2O2. The van der Waals surface area contributed by atoms with Crippen molar-refractivity contribution < 1.29 is 9.52 Å². The van der Waals surface area contributed by atoms with Crippen molar-refractivity contribution >= 4 is 11.1 Å². The molecule has 1 aromatic carbocycles. The average molecular weight is 220 g/mol. The number of rotatable bonds is 5. The molecule has 0 aliphatic heterocycles. The molecule has 0 radical (unpaired) electrons. The fourth-order valence-electron chi connectivity index (χ4n) is 1.63. The normalized spacial score (nSPS) is 11.1. The van der Waals surface area contributed by atoms with Gasteiger partial charge in [-0.2, -0.15) is 0 Å². The Labute approximate surface area is 94.3 Å². The first-order valence-corrected chi connectivity index (χ1v) is 5.47. The first-order valence-electron chi connectivity index (χ1n) is 5.47. The van der Waals surface area contributed by atoms with Gasteiger partial charge in [-0.1, -0.05) is 6.07 Å². The van der Waals surface area contributed by atoms with Crippen LogP contribution in [0.2, 0.25) is 0 Å². The smallest absolute Gasteiger partial charge is 0.192 e. The van der Waals surface area contributed by atoms with Crippen LogP contribution in [0.1, 0.15) is 17.9 Å². The Morgan fingerprint density at radius 1 is 1.44 bits per heavy atom. The highest BCUT2D eigenvalue weighted by atomic mass is 16.3. The van der Waals surface area contributed by atoms with Crippen LogP contribution in [0.4, 0.5) is 0 Å². The highest BCUT2D eigenvalue weighted by Gasteiger charge is 2.02. The van der Waals surface area contributed by atoms with Gasteiger partial charge in [0, 0.05) is 20.1 Å². The van der Waals surface area contributed by atoms with Crippen molar-refractivity contribution in [2.24, 2.45) is 0 Å². The zero-order valence-electron chi connectivity index (χ0n) is 9.36. The molecule has 0 unspecified atom stereocenters. The van der Waals surface area contributed by atoms with Crippen LogP contribution in [0.5, 0.6) is 0 Å². The van der Waals surface area contributed by atoms with Gasteiger partial charge in [-0.15, -0.1) is 0 Å². The van der Waals surface area contributed by atoms with Gasteiger partial charge in [0.05, 0.1) is 0 Å². The number of oxazole rings is 1. The molecule has 4 heteroatoms. The van der Waals surface area contributed by atoms with E-state index in [0.29, 0.717) is 5.89 Å². The number of aromatic nitrogens is 1. The van der Waals surface area contributed by atoms with E-state index in [4.69, 9.17) is 9.52 Å². The van der Waals surface area contributed by atoms with Gasteiger partial charge in [-0.05, 0) is 30.7 Å². The second-order valence-corrected chi connectivity index (χ2v) is 3.79. The van der Waals surface area contributed by atoms with Crippen molar-refractivity contribution in [1.29, 1.82) is 0 Å². The van der Waals surface area contributed by atoms with Crippen LogP contribution in [0.25, 0.3) is 11.1 Å². The molecule has 0 saturated carbocycles. The quantitative estimate of drug-likeness (QED) is 0.751. The van der Waals surface area contributed by atoms with Crippen molar-refractivity contribution in [3.63, 3.8) is 0 Å².